The van der Waals surface area contributed by atoms with Crippen molar-refractivity contribution >= 4 is 5.57 Å². The molecule has 3 unspecified atom stereocenters. The molecule has 1 aromatic rings. The second-order valence-corrected chi connectivity index (χ2v) is 5.82. The molecule has 0 spiro atoms. The number of hydrogen-bond acceptors (Lipinski definition) is 2. The number of aryl methyl sites for hydroxylation is 1. The molecule has 3 atom stereocenters. The first-order valence-corrected chi connectivity index (χ1v) is 7.05. The molecule has 0 amide bonds. The van der Waals surface area contributed by atoms with E-state index in [4.69, 9.17) is 5.84 Å². The van der Waals surface area contributed by atoms with Crippen molar-refractivity contribution in [2.75, 3.05) is 0 Å². The van der Waals surface area contributed by atoms with Crippen LogP contribution in [-0.2, 0) is 0 Å². The summed E-state index contributed by atoms with van der Waals surface area (Å²) in [5.74, 6) is 4.83. The maximum atomic E-state index is 14.1. The van der Waals surface area contributed by atoms with Crippen LogP contribution < -0.4 is 11.3 Å². The summed E-state index contributed by atoms with van der Waals surface area (Å²) in [4.78, 5) is 0. The number of nitrogens with one attached hydrogen (secondary N) is 1. The van der Waals surface area contributed by atoms with Gasteiger partial charge in [-0.2, -0.15) is 0 Å². The fourth-order valence-corrected chi connectivity index (χ4v) is 2.95. The summed E-state index contributed by atoms with van der Waals surface area (Å²) < 4.78 is 27.8. The van der Waals surface area contributed by atoms with Gasteiger partial charge in [0.15, 0.2) is 11.6 Å². The lowest BCUT2D eigenvalue weighted by atomic mass is 9.75. The Balaban J connectivity index is 2.32. The number of hydrogen-bond donors (Lipinski definition) is 2. The molecule has 0 bridgehead atoms. The zero-order valence-corrected chi connectivity index (χ0v) is 12.2. The van der Waals surface area contributed by atoms with Gasteiger partial charge in [-0.15, -0.1) is 0 Å². The molecule has 1 aliphatic rings. The first-order chi connectivity index (χ1) is 9.45. The standard InChI is InChI=1S/C16H22F2N2/c1-9-4-6-12(8-14(9)11(3)20-19)13-7-5-10(2)15(17)16(13)18/h5-7,9,11,14,20H,4,8,19H2,1-3H3. The number of benzene rings is 1. The van der Waals surface area contributed by atoms with E-state index >= 15 is 0 Å². The number of halogens is 2. The molecular weight excluding hydrogens is 258 g/mol. The number of nitrogens with two attached hydrogens (primary N) is 1. The largest absolute Gasteiger partial charge is 0.271 e. The molecule has 1 aromatic carbocycles. The molecule has 20 heavy (non-hydrogen) atoms. The second-order valence-electron chi connectivity index (χ2n) is 5.82. The Bertz CT molecular complexity index is 525. The summed E-state index contributed by atoms with van der Waals surface area (Å²) >= 11 is 0. The van der Waals surface area contributed by atoms with Gasteiger partial charge in [0.25, 0.3) is 0 Å². The number of rotatable bonds is 3. The van der Waals surface area contributed by atoms with Crippen LogP contribution in [0.2, 0.25) is 0 Å². The summed E-state index contributed by atoms with van der Waals surface area (Å²) in [6.45, 7) is 5.76. The van der Waals surface area contributed by atoms with Crippen molar-refractivity contribution in [3.63, 3.8) is 0 Å². The van der Waals surface area contributed by atoms with Crippen LogP contribution in [0.3, 0.4) is 0 Å². The Morgan fingerprint density at radius 3 is 2.65 bits per heavy atom. The first kappa shape index (κ1) is 15.1. The molecule has 2 nitrogen and oxygen atoms in total. The van der Waals surface area contributed by atoms with Crippen molar-refractivity contribution in [3.8, 4) is 0 Å². The Labute approximate surface area is 119 Å². The fraction of sp³-hybridized carbons (Fsp3) is 0.500. The Hall–Kier alpha value is -1.26. The highest BCUT2D eigenvalue weighted by Gasteiger charge is 2.28. The zero-order valence-electron chi connectivity index (χ0n) is 12.2. The lowest BCUT2D eigenvalue weighted by Gasteiger charge is -2.33. The van der Waals surface area contributed by atoms with Crippen molar-refractivity contribution < 1.29 is 8.78 Å². The summed E-state index contributed by atoms with van der Waals surface area (Å²) in [6.07, 6.45) is 3.60. The van der Waals surface area contributed by atoms with Gasteiger partial charge in [0.2, 0.25) is 0 Å². The van der Waals surface area contributed by atoms with Gasteiger partial charge < -0.3 is 0 Å². The highest BCUT2D eigenvalue weighted by molar-refractivity contribution is 5.67. The first-order valence-electron chi connectivity index (χ1n) is 7.05. The molecule has 3 N–H and O–H groups in total. The van der Waals surface area contributed by atoms with Gasteiger partial charge in [-0.3, -0.25) is 11.3 Å². The minimum Gasteiger partial charge on any atom is -0.271 e. The topological polar surface area (TPSA) is 38.0 Å². The average molecular weight is 280 g/mol. The Morgan fingerprint density at radius 1 is 1.30 bits per heavy atom. The summed E-state index contributed by atoms with van der Waals surface area (Å²) in [5, 5.41) is 0. The second kappa shape index (κ2) is 6.02. The van der Waals surface area contributed by atoms with E-state index in [0.717, 1.165) is 12.0 Å². The number of allylic oxidation sites excluding steroid dienone is 2. The maximum absolute atomic E-state index is 14.1. The molecule has 2 rings (SSSR count). The van der Waals surface area contributed by atoms with E-state index in [9.17, 15) is 8.78 Å². The minimum atomic E-state index is -0.747. The van der Waals surface area contributed by atoms with Crippen molar-refractivity contribution in [3.05, 3.63) is 41.0 Å². The van der Waals surface area contributed by atoms with Gasteiger partial charge in [-0.05, 0) is 49.7 Å². The van der Waals surface area contributed by atoms with Crippen LogP contribution in [0.5, 0.6) is 0 Å². The van der Waals surface area contributed by atoms with Crippen LogP contribution in [0.4, 0.5) is 8.78 Å². The monoisotopic (exact) mass is 280 g/mol. The Morgan fingerprint density at radius 2 is 2.00 bits per heavy atom. The zero-order chi connectivity index (χ0) is 14.9. The molecule has 110 valence electrons. The van der Waals surface area contributed by atoms with Gasteiger partial charge in [0.1, 0.15) is 0 Å². The van der Waals surface area contributed by atoms with Crippen molar-refractivity contribution in [1.82, 2.24) is 5.43 Å². The predicted octanol–water partition coefficient (Wildman–Crippen LogP) is 3.55. The highest BCUT2D eigenvalue weighted by atomic mass is 19.2. The number of hydrazine groups is 1. The minimum absolute atomic E-state index is 0.145. The van der Waals surface area contributed by atoms with Gasteiger partial charge in [0.05, 0.1) is 0 Å². The van der Waals surface area contributed by atoms with Crippen LogP contribution in [0.15, 0.2) is 18.2 Å². The van der Waals surface area contributed by atoms with E-state index in [0.29, 0.717) is 29.4 Å². The predicted molar refractivity (Wildman–Crippen MR) is 77.7 cm³/mol. The molecule has 0 saturated heterocycles. The molecule has 4 heteroatoms. The van der Waals surface area contributed by atoms with Crippen LogP contribution in [-0.4, -0.2) is 6.04 Å². The molecule has 0 aliphatic heterocycles. The quantitative estimate of drug-likeness (QED) is 0.656. The van der Waals surface area contributed by atoms with Crippen molar-refractivity contribution in [2.24, 2.45) is 17.7 Å². The van der Waals surface area contributed by atoms with Gasteiger partial charge in [-0.1, -0.05) is 25.1 Å². The normalized spacial score (nSPS) is 24.4. The molecule has 0 aromatic heterocycles. The third-order valence-electron chi connectivity index (χ3n) is 4.45. The van der Waals surface area contributed by atoms with Crippen LogP contribution >= 0.6 is 0 Å². The Kier molecular flexibility index (Phi) is 4.55. The lowest BCUT2D eigenvalue weighted by Crippen LogP contribution is -2.41. The lowest BCUT2D eigenvalue weighted by molar-refractivity contribution is 0.274. The van der Waals surface area contributed by atoms with Crippen LogP contribution in [0, 0.1) is 30.4 Å². The van der Waals surface area contributed by atoms with Gasteiger partial charge in [0, 0.05) is 11.6 Å². The third kappa shape index (κ3) is 2.76. The fourth-order valence-electron chi connectivity index (χ4n) is 2.95. The van der Waals surface area contributed by atoms with Crippen LogP contribution in [0.25, 0.3) is 5.57 Å². The van der Waals surface area contributed by atoms with E-state index in [1.807, 2.05) is 13.0 Å². The molecule has 0 heterocycles. The van der Waals surface area contributed by atoms with Gasteiger partial charge >= 0.3 is 0 Å². The van der Waals surface area contributed by atoms with Crippen LogP contribution in [0.1, 0.15) is 37.8 Å². The van der Waals surface area contributed by atoms with E-state index in [1.54, 1.807) is 19.1 Å². The smallest absolute Gasteiger partial charge is 0.166 e. The molecular formula is C16H22F2N2. The maximum Gasteiger partial charge on any atom is 0.166 e. The van der Waals surface area contributed by atoms with E-state index < -0.39 is 11.6 Å². The van der Waals surface area contributed by atoms with E-state index in [1.165, 1.54) is 0 Å². The molecule has 0 saturated carbocycles. The average Bonchev–Trinajstić information content (AvgIpc) is 2.45. The van der Waals surface area contributed by atoms with Crippen molar-refractivity contribution in [1.29, 1.82) is 0 Å². The van der Waals surface area contributed by atoms with E-state index in [-0.39, 0.29) is 6.04 Å². The summed E-state index contributed by atoms with van der Waals surface area (Å²) in [7, 11) is 0. The highest BCUT2D eigenvalue weighted by Crippen LogP contribution is 2.37. The van der Waals surface area contributed by atoms with Gasteiger partial charge in [-0.25, -0.2) is 8.78 Å². The summed E-state index contributed by atoms with van der Waals surface area (Å²) in [6, 6.07) is 3.45. The molecule has 0 radical (unpaired) electrons. The SMILES string of the molecule is Cc1ccc(C2=CCC(C)C(C(C)NN)C2)c(F)c1F. The molecule has 0 fully saturated rings. The van der Waals surface area contributed by atoms with Crippen molar-refractivity contribution in [2.45, 2.75) is 39.7 Å². The van der Waals surface area contributed by atoms with E-state index in [2.05, 4.69) is 12.3 Å². The molecule has 1 aliphatic carbocycles. The summed E-state index contributed by atoms with van der Waals surface area (Å²) in [5.41, 5.74) is 4.38. The third-order valence-corrected chi connectivity index (χ3v) is 4.45.